The number of hydrogen-bond donors (Lipinski definition) is 2. The molecule has 2 aromatic heterocycles. The zero-order valence-corrected chi connectivity index (χ0v) is 16.7. The lowest BCUT2D eigenvalue weighted by molar-refractivity contribution is 0.282. The van der Waals surface area contributed by atoms with Crippen LogP contribution in [0.3, 0.4) is 0 Å². The van der Waals surface area contributed by atoms with Crippen LogP contribution in [0.25, 0.3) is 33.1 Å². The van der Waals surface area contributed by atoms with E-state index in [1.54, 1.807) is 6.33 Å². The lowest BCUT2D eigenvalue weighted by Gasteiger charge is -2.20. The number of aromatic nitrogens is 3. The summed E-state index contributed by atoms with van der Waals surface area (Å²) in [5.74, 6) is 0.891. The number of fused-ring (bicyclic) bond motifs is 2. The minimum atomic E-state index is 0.0432. The molecule has 0 aliphatic carbocycles. The molecule has 5 nitrogen and oxygen atoms in total. The molecule has 5 rings (SSSR count). The van der Waals surface area contributed by atoms with Crippen molar-refractivity contribution in [3.63, 3.8) is 0 Å². The zero-order chi connectivity index (χ0) is 20.5. The van der Waals surface area contributed by atoms with Gasteiger partial charge in [0.05, 0.1) is 12.0 Å². The third-order valence-electron chi connectivity index (χ3n) is 5.50. The summed E-state index contributed by atoms with van der Waals surface area (Å²) < 4.78 is 0. The Balaban J connectivity index is 1.51. The molecule has 0 amide bonds. The maximum absolute atomic E-state index is 9.27. The molecular weight excluding hydrogens is 372 g/mol. The Morgan fingerprint density at radius 1 is 0.900 bits per heavy atom. The highest BCUT2D eigenvalue weighted by atomic mass is 16.3. The summed E-state index contributed by atoms with van der Waals surface area (Å²) in [5.41, 5.74) is 5.00. The highest BCUT2D eigenvalue weighted by molar-refractivity contribution is 5.92. The van der Waals surface area contributed by atoms with Crippen LogP contribution < -0.4 is 4.90 Å². The Kier molecular flexibility index (Phi) is 4.65. The SMILES string of the molecule is CN(Cc1cccc2ccccc12)c1ncnc2[nH]c(-c3ccc(CO)cc3)cc12. The molecule has 0 bridgehead atoms. The second-order valence-electron chi connectivity index (χ2n) is 7.49. The summed E-state index contributed by atoms with van der Waals surface area (Å²) in [6.07, 6.45) is 1.60. The first-order chi connectivity index (χ1) is 14.7. The summed E-state index contributed by atoms with van der Waals surface area (Å²) in [6, 6.07) is 24.8. The van der Waals surface area contributed by atoms with Gasteiger partial charge in [0.15, 0.2) is 0 Å². The van der Waals surface area contributed by atoms with Crippen LogP contribution in [-0.4, -0.2) is 27.1 Å². The third-order valence-corrected chi connectivity index (χ3v) is 5.50. The van der Waals surface area contributed by atoms with E-state index < -0.39 is 0 Å². The van der Waals surface area contributed by atoms with Gasteiger partial charge < -0.3 is 15.0 Å². The van der Waals surface area contributed by atoms with Crippen LogP contribution in [0, 0.1) is 0 Å². The van der Waals surface area contributed by atoms with Gasteiger partial charge >= 0.3 is 0 Å². The fraction of sp³-hybridized carbons (Fsp3) is 0.120. The van der Waals surface area contributed by atoms with Gasteiger partial charge in [0.25, 0.3) is 0 Å². The van der Waals surface area contributed by atoms with Gasteiger partial charge in [-0.1, -0.05) is 66.7 Å². The van der Waals surface area contributed by atoms with Crippen molar-refractivity contribution in [2.45, 2.75) is 13.2 Å². The Morgan fingerprint density at radius 3 is 2.53 bits per heavy atom. The van der Waals surface area contributed by atoms with Gasteiger partial charge in [-0.25, -0.2) is 9.97 Å². The van der Waals surface area contributed by atoms with Crippen LogP contribution in [0.5, 0.6) is 0 Å². The van der Waals surface area contributed by atoms with E-state index in [1.165, 1.54) is 16.3 Å². The normalized spacial score (nSPS) is 11.3. The fourth-order valence-electron chi connectivity index (χ4n) is 3.94. The van der Waals surface area contributed by atoms with Gasteiger partial charge in [-0.05, 0) is 33.5 Å². The van der Waals surface area contributed by atoms with Crippen molar-refractivity contribution >= 4 is 27.6 Å². The molecule has 0 spiro atoms. The molecule has 0 fully saturated rings. The second-order valence-corrected chi connectivity index (χ2v) is 7.49. The van der Waals surface area contributed by atoms with Crippen molar-refractivity contribution in [2.24, 2.45) is 0 Å². The average molecular weight is 394 g/mol. The number of nitrogens with zero attached hydrogens (tertiary/aromatic N) is 3. The highest BCUT2D eigenvalue weighted by Crippen LogP contribution is 2.30. The number of hydrogen-bond acceptors (Lipinski definition) is 4. The largest absolute Gasteiger partial charge is 0.392 e. The zero-order valence-electron chi connectivity index (χ0n) is 16.7. The van der Waals surface area contributed by atoms with Crippen LogP contribution in [0.15, 0.2) is 79.1 Å². The maximum atomic E-state index is 9.27. The van der Waals surface area contributed by atoms with Crippen LogP contribution in [0.4, 0.5) is 5.82 Å². The first-order valence-corrected chi connectivity index (χ1v) is 9.94. The maximum Gasteiger partial charge on any atom is 0.143 e. The predicted octanol–water partition coefficient (Wildman–Crippen LogP) is 4.91. The third kappa shape index (κ3) is 3.29. The molecule has 0 saturated heterocycles. The van der Waals surface area contributed by atoms with Crippen molar-refractivity contribution in [1.29, 1.82) is 0 Å². The van der Waals surface area contributed by atoms with E-state index in [0.717, 1.165) is 40.2 Å². The minimum Gasteiger partial charge on any atom is -0.392 e. The van der Waals surface area contributed by atoms with Crippen LogP contribution in [0.2, 0.25) is 0 Å². The smallest absolute Gasteiger partial charge is 0.143 e. The molecule has 2 heterocycles. The van der Waals surface area contributed by atoms with Crippen molar-refractivity contribution < 1.29 is 5.11 Å². The van der Waals surface area contributed by atoms with E-state index in [-0.39, 0.29) is 6.61 Å². The Morgan fingerprint density at radius 2 is 1.70 bits per heavy atom. The minimum absolute atomic E-state index is 0.0432. The van der Waals surface area contributed by atoms with Gasteiger partial charge in [0.1, 0.15) is 17.8 Å². The molecule has 5 heteroatoms. The standard InChI is InChI=1S/C25H22N4O/c1-29(14-20-7-4-6-18-5-2-3-8-21(18)20)25-22-13-23(28-24(22)26-16-27-25)19-11-9-17(15-30)10-12-19/h2-13,16,30H,14-15H2,1H3,(H,26,27,28). The molecule has 2 N–H and O–H groups in total. The number of H-pyrrole nitrogens is 1. The van der Waals surface area contributed by atoms with Crippen molar-refractivity contribution in [1.82, 2.24) is 15.0 Å². The average Bonchev–Trinajstić information content (AvgIpc) is 3.24. The highest BCUT2D eigenvalue weighted by Gasteiger charge is 2.14. The number of rotatable bonds is 5. The van der Waals surface area contributed by atoms with Crippen molar-refractivity contribution in [2.75, 3.05) is 11.9 Å². The number of anilines is 1. The van der Waals surface area contributed by atoms with E-state index in [4.69, 9.17) is 0 Å². The molecule has 0 aliphatic rings. The van der Waals surface area contributed by atoms with Crippen LogP contribution in [-0.2, 0) is 13.2 Å². The van der Waals surface area contributed by atoms with E-state index in [2.05, 4.69) is 75.4 Å². The van der Waals surface area contributed by atoms with E-state index in [1.807, 2.05) is 24.3 Å². The predicted molar refractivity (Wildman–Crippen MR) is 121 cm³/mol. The van der Waals surface area contributed by atoms with E-state index >= 15 is 0 Å². The molecule has 0 unspecified atom stereocenters. The number of benzene rings is 3. The molecule has 0 radical (unpaired) electrons. The lowest BCUT2D eigenvalue weighted by atomic mass is 10.0. The summed E-state index contributed by atoms with van der Waals surface area (Å²) in [4.78, 5) is 14.6. The second kappa shape index (κ2) is 7.61. The fourth-order valence-corrected chi connectivity index (χ4v) is 3.94. The molecule has 5 aromatic rings. The van der Waals surface area contributed by atoms with Crippen LogP contribution >= 0.6 is 0 Å². The van der Waals surface area contributed by atoms with Gasteiger partial charge in [-0.2, -0.15) is 0 Å². The molecule has 0 aliphatic heterocycles. The topological polar surface area (TPSA) is 65.0 Å². The number of aromatic amines is 1. The molecule has 148 valence electrons. The van der Waals surface area contributed by atoms with Gasteiger partial charge in [0.2, 0.25) is 0 Å². The van der Waals surface area contributed by atoms with Gasteiger partial charge in [0, 0.05) is 19.3 Å². The summed E-state index contributed by atoms with van der Waals surface area (Å²) >= 11 is 0. The van der Waals surface area contributed by atoms with E-state index in [0.29, 0.717) is 0 Å². The molecule has 30 heavy (non-hydrogen) atoms. The summed E-state index contributed by atoms with van der Waals surface area (Å²) in [7, 11) is 2.06. The quantitative estimate of drug-likeness (QED) is 0.445. The summed E-state index contributed by atoms with van der Waals surface area (Å²) in [5, 5.41) is 12.8. The molecular formula is C25H22N4O. The monoisotopic (exact) mass is 394 g/mol. The first kappa shape index (κ1) is 18.3. The number of aliphatic hydroxyl groups excluding tert-OH is 1. The number of nitrogens with one attached hydrogen (secondary N) is 1. The lowest BCUT2D eigenvalue weighted by Crippen LogP contribution is -2.18. The molecule has 0 atom stereocenters. The Labute approximate surface area is 174 Å². The van der Waals surface area contributed by atoms with Crippen molar-refractivity contribution in [3.05, 3.63) is 90.3 Å². The molecule has 0 saturated carbocycles. The first-order valence-electron chi connectivity index (χ1n) is 9.94. The van der Waals surface area contributed by atoms with Crippen LogP contribution in [0.1, 0.15) is 11.1 Å². The van der Waals surface area contributed by atoms with Gasteiger partial charge in [-0.3, -0.25) is 0 Å². The Hall–Kier alpha value is -3.70. The Bertz CT molecular complexity index is 1320. The van der Waals surface area contributed by atoms with Gasteiger partial charge in [-0.15, -0.1) is 0 Å². The molecule has 3 aromatic carbocycles. The van der Waals surface area contributed by atoms with Crippen molar-refractivity contribution in [3.8, 4) is 11.3 Å². The summed E-state index contributed by atoms with van der Waals surface area (Å²) in [6.45, 7) is 0.792. The van der Waals surface area contributed by atoms with E-state index in [9.17, 15) is 5.11 Å². The number of aliphatic hydroxyl groups is 1.